The molecule has 3 aromatic rings. The first-order valence-corrected chi connectivity index (χ1v) is 8.05. The second kappa shape index (κ2) is 5.56. The molecule has 5 heteroatoms. The third-order valence-electron chi connectivity index (χ3n) is 2.88. The average Bonchev–Trinajstić information content (AvgIpc) is 2.99. The Balaban J connectivity index is 2.02. The molecule has 0 atom stereocenters. The van der Waals surface area contributed by atoms with Gasteiger partial charge >= 0.3 is 5.97 Å². The van der Waals surface area contributed by atoms with E-state index in [4.69, 9.17) is 16.3 Å². The fourth-order valence-electron chi connectivity index (χ4n) is 1.99. The van der Waals surface area contributed by atoms with E-state index in [0.29, 0.717) is 4.34 Å². The predicted octanol–water partition coefficient (Wildman–Crippen LogP) is 5.35. The molecule has 20 heavy (non-hydrogen) atoms. The third kappa shape index (κ3) is 2.73. The van der Waals surface area contributed by atoms with Gasteiger partial charge in [-0.15, -0.1) is 22.7 Å². The molecule has 0 spiro atoms. The van der Waals surface area contributed by atoms with Crippen molar-refractivity contribution in [2.45, 2.75) is 13.5 Å². The largest absolute Gasteiger partial charge is 0.460 e. The Labute approximate surface area is 129 Å². The minimum absolute atomic E-state index is 0.274. The lowest BCUT2D eigenvalue weighted by atomic mass is 10.2. The van der Waals surface area contributed by atoms with Crippen LogP contribution in [0.3, 0.4) is 0 Å². The Kier molecular flexibility index (Phi) is 3.78. The highest BCUT2D eigenvalue weighted by atomic mass is 35.5. The van der Waals surface area contributed by atoms with Gasteiger partial charge in [0.1, 0.15) is 6.61 Å². The number of esters is 1. The molecule has 0 radical (unpaired) electrons. The SMILES string of the molecule is CC(=O)OCc1sc(Cl)cc1-c1cc2ccccc2s1. The Morgan fingerprint density at radius 2 is 2.05 bits per heavy atom. The highest BCUT2D eigenvalue weighted by Crippen LogP contribution is 2.40. The van der Waals surface area contributed by atoms with Gasteiger partial charge in [0.15, 0.2) is 0 Å². The molecule has 2 nitrogen and oxygen atoms in total. The van der Waals surface area contributed by atoms with Crippen LogP contribution < -0.4 is 0 Å². The molecule has 0 aliphatic carbocycles. The van der Waals surface area contributed by atoms with Crippen molar-refractivity contribution in [1.82, 2.24) is 0 Å². The molecule has 0 fully saturated rings. The molecule has 0 aliphatic heterocycles. The summed E-state index contributed by atoms with van der Waals surface area (Å²) < 4.78 is 7.04. The first-order valence-electron chi connectivity index (χ1n) is 6.04. The quantitative estimate of drug-likeness (QED) is 0.608. The van der Waals surface area contributed by atoms with Crippen molar-refractivity contribution in [2.24, 2.45) is 0 Å². The fourth-order valence-corrected chi connectivity index (χ4v) is 4.36. The molecule has 2 aromatic heterocycles. The van der Waals surface area contributed by atoms with Crippen LogP contribution in [-0.4, -0.2) is 5.97 Å². The third-order valence-corrected chi connectivity index (χ3v) is 5.26. The maximum atomic E-state index is 11.0. The molecule has 0 saturated heterocycles. The molecule has 1 aromatic carbocycles. The highest BCUT2D eigenvalue weighted by molar-refractivity contribution is 7.23. The summed E-state index contributed by atoms with van der Waals surface area (Å²) in [5.41, 5.74) is 1.06. The Hall–Kier alpha value is -1.36. The van der Waals surface area contributed by atoms with Crippen LogP contribution in [0, 0.1) is 0 Å². The Morgan fingerprint density at radius 1 is 1.25 bits per heavy atom. The van der Waals surface area contributed by atoms with Crippen molar-refractivity contribution in [3.05, 3.63) is 45.6 Å². The smallest absolute Gasteiger partial charge is 0.302 e. The topological polar surface area (TPSA) is 26.3 Å². The van der Waals surface area contributed by atoms with E-state index < -0.39 is 0 Å². The summed E-state index contributed by atoms with van der Waals surface area (Å²) in [4.78, 5) is 13.1. The molecule has 2 heterocycles. The van der Waals surface area contributed by atoms with Gasteiger partial charge in [0.25, 0.3) is 0 Å². The van der Waals surface area contributed by atoms with Crippen molar-refractivity contribution in [1.29, 1.82) is 0 Å². The van der Waals surface area contributed by atoms with E-state index in [9.17, 15) is 4.79 Å². The lowest BCUT2D eigenvalue weighted by molar-refractivity contribution is -0.142. The molecule has 0 aliphatic rings. The first-order chi connectivity index (χ1) is 9.63. The lowest BCUT2D eigenvalue weighted by Crippen LogP contribution is -1.97. The first kappa shape index (κ1) is 13.6. The van der Waals surface area contributed by atoms with Crippen LogP contribution in [0.1, 0.15) is 11.8 Å². The average molecular weight is 323 g/mol. The Morgan fingerprint density at radius 3 is 2.80 bits per heavy atom. The number of carbonyl (C=O) groups is 1. The number of hydrogen-bond donors (Lipinski definition) is 0. The summed E-state index contributed by atoms with van der Waals surface area (Å²) in [6.07, 6.45) is 0. The van der Waals surface area contributed by atoms with E-state index >= 15 is 0 Å². The van der Waals surface area contributed by atoms with Gasteiger partial charge in [-0.3, -0.25) is 4.79 Å². The summed E-state index contributed by atoms with van der Waals surface area (Å²) in [5, 5.41) is 1.22. The van der Waals surface area contributed by atoms with Crippen LogP contribution >= 0.6 is 34.3 Å². The number of thiophene rings is 2. The zero-order valence-electron chi connectivity index (χ0n) is 10.7. The number of fused-ring (bicyclic) bond motifs is 1. The van der Waals surface area contributed by atoms with Crippen molar-refractivity contribution in [3.63, 3.8) is 0 Å². The highest BCUT2D eigenvalue weighted by Gasteiger charge is 2.14. The van der Waals surface area contributed by atoms with E-state index in [2.05, 4.69) is 18.2 Å². The van der Waals surface area contributed by atoms with E-state index in [0.717, 1.165) is 15.3 Å². The van der Waals surface area contributed by atoms with Gasteiger partial charge in [-0.05, 0) is 23.6 Å². The number of benzene rings is 1. The minimum Gasteiger partial charge on any atom is -0.460 e. The maximum absolute atomic E-state index is 11.0. The number of carbonyl (C=O) groups excluding carboxylic acids is 1. The summed E-state index contributed by atoms with van der Waals surface area (Å²) in [6, 6.07) is 12.3. The maximum Gasteiger partial charge on any atom is 0.302 e. The van der Waals surface area contributed by atoms with Gasteiger partial charge in [0, 0.05) is 22.1 Å². The van der Waals surface area contributed by atoms with Crippen molar-refractivity contribution in [2.75, 3.05) is 0 Å². The van der Waals surface area contributed by atoms with Crippen LogP contribution in [0.5, 0.6) is 0 Å². The van der Waals surface area contributed by atoms with Crippen LogP contribution in [0.4, 0.5) is 0 Å². The summed E-state index contributed by atoms with van der Waals surface area (Å²) in [5.74, 6) is -0.281. The van der Waals surface area contributed by atoms with Crippen LogP contribution in [-0.2, 0) is 16.1 Å². The predicted molar refractivity (Wildman–Crippen MR) is 85.6 cm³/mol. The monoisotopic (exact) mass is 322 g/mol. The zero-order valence-corrected chi connectivity index (χ0v) is 13.1. The van der Waals surface area contributed by atoms with Crippen molar-refractivity contribution >= 4 is 50.3 Å². The lowest BCUT2D eigenvalue weighted by Gasteiger charge is -2.01. The van der Waals surface area contributed by atoms with Crippen LogP contribution in [0.15, 0.2) is 36.4 Å². The second-order valence-electron chi connectivity index (χ2n) is 4.32. The molecule has 0 saturated carbocycles. The molecule has 0 unspecified atom stereocenters. The molecule has 102 valence electrons. The van der Waals surface area contributed by atoms with Gasteiger partial charge in [-0.1, -0.05) is 29.8 Å². The van der Waals surface area contributed by atoms with Crippen molar-refractivity contribution in [3.8, 4) is 10.4 Å². The Bertz CT molecular complexity index is 740. The molecular formula is C15H11ClO2S2. The summed E-state index contributed by atoms with van der Waals surface area (Å²) in [6.45, 7) is 1.69. The van der Waals surface area contributed by atoms with Gasteiger partial charge < -0.3 is 4.74 Å². The number of rotatable bonds is 3. The van der Waals surface area contributed by atoms with E-state index in [1.807, 2.05) is 18.2 Å². The van der Waals surface area contributed by atoms with Gasteiger partial charge in [-0.25, -0.2) is 0 Å². The fraction of sp³-hybridized carbons (Fsp3) is 0.133. The van der Waals surface area contributed by atoms with Gasteiger partial charge in [0.2, 0.25) is 0 Å². The standard InChI is InChI=1S/C15H11ClO2S2/c1-9(17)18-8-14-11(7-15(16)20-14)13-6-10-4-2-3-5-12(10)19-13/h2-7H,8H2,1H3. The number of hydrogen-bond acceptors (Lipinski definition) is 4. The molecule has 0 N–H and O–H groups in total. The number of halogens is 1. The minimum atomic E-state index is -0.281. The van der Waals surface area contributed by atoms with Gasteiger partial charge in [-0.2, -0.15) is 0 Å². The van der Waals surface area contributed by atoms with E-state index in [1.165, 1.54) is 28.3 Å². The second-order valence-corrected chi connectivity index (χ2v) is 7.17. The molecular weight excluding hydrogens is 312 g/mol. The number of ether oxygens (including phenoxy) is 1. The van der Waals surface area contributed by atoms with Crippen LogP contribution in [0.25, 0.3) is 20.5 Å². The van der Waals surface area contributed by atoms with E-state index in [1.54, 1.807) is 11.3 Å². The van der Waals surface area contributed by atoms with Crippen molar-refractivity contribution < 1.29 is 9.53 Å². The van der Waals surface area contributed by atoms with E-state index in [-0.39, 0.29) is 12.6 Å². The normalized spacial score (nSPS) is 10.9. The zero-order chi connectivity index (χ0) is 14.1. The summed E-state index contributed by atoms with van der Waals surface area (Å²) >= 11 is 9.29. The molecule has 0 amide bonds. The van der Waals surface area contributed by atoms with Crippen LogP contribution in [0.2, 0.25) is 4.34 Å². The van der Waals surface area contributed by atoms with Gasteiger partial charge in [0.05, 0.1) is 9.21 Å². The molecule has 3 rings (SSSR count). The molecule has 0 bridgehead atoms. The summed E-state index contributed by atoms with van der Waals surface area (Å²) in [7, 11) is 0.